The van der Waals surface area contributed by atoms with Gasteiger partial charge in [-0.15, -0.1) is 0 Å². The molecule has 0 fully saturated rings. The minimum Gasteiger partial charge on any atom is -0.396 e. The number of hydrogen-bond donors (Lipinski definition) is 3. The van der Waals surface area contributed by atoms with Crippen molar-refractivity contribution >= 4 is 21.4 Å². The maximum atomic E-state index is 11.1. The number of aliphatic hydroxyl groups is 1. The molecule has 0 aliphatic carbocycles. The molecular weight excluding hydrogens is 264 g/mol. The van der Waals surface area contributed by atoms with Crippen molar-refractivity contribution in [3.63, 3.8) is 0 Å². The van der Waals surface area contributed by atoms with Gasteiger partial charge in [0.15, 0.2) is 0 Å². The second-order valence-electron chi connectivity index (χ2n) is 5.13. The molecule has 0 aliphatic rings. The minimum atomic E-state index is -3.24. The van der Waals surface area contributed by atoms with Crippen LogP contribution in [0.3, 0.4) is 0 Å². The summed E-state index contributed by atoms with van der Waals surface area (Å²) < 4.78 is 24.5. The zero-order valence-corrected chi connectivity index (χ0v) is 12.4. The van der Waals surface area contributed by atoms with Crippen LogP contribution in [0.15, 0.2) is 24.3 Å². The largest absolute Gasteiger partial charge is 0.396 e. The molecule has 19 heavy (non-hydrogen) atoms. The summed E-state index contributed by atoms with van der Waals surface area (Å²) in [4.78, 5) is 0. The fraction of sp³-hybridized carbons (Fsp3) is 0.538. The van der Waals surface area contributed by atoms with Gasteiger partial charge in [-0.05, 0) is 30.7 Å². The van der Waals surface area contributed by atoms with Crippen LogP contribution in [0.4, 0.5) is 11.4 Å². The molecule has 108 valence electrons. The average molecular weight is 286 g/mol. The van der Waals surface area contributed by atoms with E-state index in [2.05, 4.69) is 10.0 Å². The molecule has 0 amide bonds. The number of hydrogen-bond acceptors (Lipinski definition) is 4. The highest BCUT2D eigenvalue weighted by Gasteiger charge is 2.20. The van der Waals surface area contributed by atoms with Crippen LogP contribution in [0.2, 0.25) is 0 Å². The lowest BCUT2D eigenvalue weighted by molar-refractivity contribution is 0.149. The highest BCUT2D eigenvalue weighted by molar-refractivity contribution is 7.92. The third kappa shape index (κ3) is 5.48. The van der Waals surface area contributed by atoms with Crippen molar-refractivity contribution in [3.8, 4) is 0 Å². The van der Waals surface area contributed by atoms with Crippen LogP contribution in [-0.2, 0) is 10.0 Å². The summed E-state index contributed by atoms with van der Waals surface area (Å²) in [5.74, 6) is 0. The minimum absolute atomic E-state index is 0.129. The maximum absolute atomic E-state index is 11.1. The van der Waals surface area contributed by atoms with Gasteiger partial charge in [-0.2, -0.15) is 0 Å². The number of anilines is 2. The van der Waals surface area contributed by atoms with Crippen molar-refractivity contribution in [1.29, 1.82) is 0 Å². The second-order valence-corrected chi connectivity index (χ2v) is 6.88. The summed E-state index contributed by atoms with van der Waals surface area (Å²) in [6.45, 7) is 4.85. The van der Waals surface area contributed by atoms with Crippen LogP contribution in [0.1, 0.15) is 20.3 Å². The molecule has 0 heterocycles. The molecule has 6 heteroatoms. The Balaban J connectivity index is 2.63. The van der Waals surface area contributed by atoms with E-state index in [9.17, 15) is 13.5 Å². The lowest BCUT2D eigenvalue weighted by Crippen LogP contribution is -2.29. The zero-order chi connectivity index (χ0) is 14.5. The van der Waals surface area contributed by atoms with E-state index in [0.29, 0.717) is 12.2 Å². The van der Waals surface area contributed by atoms with Gasteiger partial charge >= 0.3 is 0 Å². The highest BCUT2D eigenvalue weighted by atomic mass is 32.2. The molecule has 0 radical (unpaired) electrons. The van der Waals surface area contributed by atoms with Crippen molar-refractivity contribution in [2.24, 2.45) is 5.41 Å². The molecule has 3 N–H and O–H groups in total. The van der Waals surface area contributed by atoms with Crippen molar-refractivity contribution in [2.75, 3.05) is 29.4 Å². The quantitative estimate of drug-likeness (QED) is 0.715. The Morgan fingerprint density at radius 1 is 1.21 bits per heavy atom. The molecule has 1 aromatic carbocycles. The normalized spacial score (nSPS) is 14.7. The fourth-order valence-electron chi connectivity index (χ4n) is 1.48. The van der Waals surface area contributed by atoms with Gasteiger partial charge in [-0.3, -0.25) is 4.72 Å². The van der Waals surface area contributed by atoms with Crippen LogP contribution < -0.4 is 10.0 Å². The average Bonchev–Trinajstić information content (AvgIpc) is 2.36. The SMILES string of the molecule is CCC(C)(CO)CNc1ccc(NS(C)(=O)=O)cc1. The molecule has 0 saturated carbocycles. The van der Waals surface area contributed by atoms with E-state index < -0.39 is 10.0 Å². The first-order valence-electron chi connectivity index (χ1n) is 6.20. The molecule has 0 aromatic heterocycles. The molecule has 0 spiro atoms. The van der Waals surface area contributed by atoms with Crippen molar-refractivity contribution < 1.29 is 13.5 Å². The first kappa shape index (κ1) is 15.8. The van der Waals surface area contributed by atoms with Gasteiger partial charge in [-0.25, -0.2) is 8.42 Å². The van der Waals surface area contributed by atoms with E-state index in [1.807, 2.05) is 13.8 Å². The Morgan fingerprint density at radius 2 is 1.74 bits per heavy atom. The van der Waals surface area contributed by atoms with Gasteiger partial charge in [0.2, 0.25) is 10.0 Å². The number of nitrogens with one attached hydrogen (secondary N) is 2. The Labute approximate surface area is 115 Å². The monoisotopic (exact) mass is 286 g/mol. The smallest absolute Gasteiger partial charge is 0.229 e. The van der Waals surface area contributed by atoms with Crippen molar-refractivity contribution in [1.82, 2.24) is 0 Å². The topological polar surface area (TPSA) is 78.4 Å². The van der Waals surface area contributed by atoms with E-state index in [4.69, 9.17) is 0 Å². The molecule has 5 nitrogen and oxygen atoms in total. The molecule has 0 bridgehead atoms. The van der Waals surface area contributed by atoms with E-state index in [0.717, 1.165) is 18.4 Å². The van der Waals surface area contributed by atoms with Crippen LogP contribution in [0, 0.1) is 5.41 Å². The van der Waals surface area contributed by atoms with Crippen LogP contribution in [0.5, 0.6) is 0 Å². The fourth-order valence-corrected chi connectivity index (χ4v) is 2.04. The van der Waals surface area contributed by atoms with Crippen LogP contribution >= 0.6 is 0 Å². The number of aliphatic hydroxyl groups excluding tert-OH is 1. The second kappa shape index (κ2) is 6.25. The summed E-state index contributed by atoms with van der Waals surface area (Å²) in [6.07, 6.45) is 2.00. The summed E-state index contributed by atoms with van der Waals surface area (Å²) in [7, 11) is -3.24. The third-order valence-electron chi connectivity index (χ3n) is 3.14. The first-order valence-corrected chi connectivity index (χ1v) is 8.10. The predicted molar refractivity (Wildman–Crippen MR) is 78.9 cm³/mol. The van der Waals surface area contributed by atoms with Gasteiger partial charge in [0, 0.05) is 23.3 Å². The Morgan fingerprint density at radius 3 is 2.16 bits per heavy atom. The third-order valence-corrected chi connectivity index (χ3v) is 3.75. The van der Waals surface area contributed by atoms with Gasteiger partial charge in [0.1, 0.15) is 0 Å². The first-order chi connectivity index (χ1) is 8.78. The highest BCUT2D eigenvalue weighted by Crippen LogP contribution is 2.22. The molecular formula is C13H22N2O3S. The van der Waals surface area contributed by atoms with Gasteiger partial charge in [0.05, 0.1) is 12.9 Å². The van der Waals surface area contributed by atoms with Crippen LogP contribution in [-0.4, -0.2) is 32.9 Å². The standard InChI is InChI=1S/C13H22N2O3S/c1-4-13(2,10-16)9-14-11-5-7-12(8-6-11)15-19(3,17)18/h5-8,14-16H,4,9-10H2,1-3H3. The number of rotatable bonds is 7. The summed E-state index contributed by atoms with van der Waals surface area (Å²) in [5.41, 5.74) is 1.28. The van der Waals surface area contributed by atoms with E-state index >= 15 is 0 Å². The lowest BCUT2D eigenvalue weighted by Gasteiger charge is -2.26. The number of benzene rings is 1. The summed E-state index contributed by atoms with van der Waals surface area (Å²) in [5, 5.41) is 12.6. The Hall–Kier alpha value is -1.27. The summed E-state index contributed by atoms with van der Waals surface area (Å²) >= 11 is 0. The van der Waals surface area contributed by atoms with Gasteiger partial charge < -0.3 is 10.4 Å². The van der Waals surface area contributed by atoms with Gasteiger partial charge in [0.25, 0.3) is 0 Å². The van der Waals surface area contributed by atoms with Crippen LogP contribution in [0.25, 0.3) is 0 Å². The lowest BCUT2D eigenvalue weighted by atomic mass is 9.88. The van der Waals surface area contributed by atoms with E-state index in [1.54, 1.807) is 24.3 Å². The molecule has 1 rings (SSSR count). The molecule has 1 unspecified atom stereocenters. The maximum Gasteiger partial charge on any atom is 0.229 e. The zero-order valence-electron chi connectivity index (χ0n) is 11.6. The van der Waals surface area contributed by atoms with Crippen molar-refractivity contribution in [2.45, 2.75) is 20.3 Å². The Kier molecular flexibility index (Phi) is 5.20. The Bertz CT molecular complexity index is 493. The molecule has 1 atom stereocenters. The van der Waals surface area contributed by atoms with Crippen molar-refractivity contribution in [3.05, 3.63) is 24.3 Å². The molecule has 0 aliphatic heterocycles. The molecule has 0 saturated heterocycles. The van der Waals surface area contributed by atoms with E-state index in [1.165, 1.54) is 0 Å². The van der Waals surface area contributed by atoms with Gasteiger partial charge in [-0.1, -0.05) is 13.8 Å². The van der Waals surface area contributed by atoms with E-state index in [-0.39, 0.29) is 12.0 Å². The number of sulfonamides is 1. The predicted octanol–water partition coefficient (Wildman–Crippen LogP) is 1.88. The summed E-state index contributed by atoms with van der Waals surface area (Å²) in [6, 6.07) is 7.01. The molecule has 1 aromatic rings.